The van der Waals surface area contributed by atoms with Crippen molar-refractivity contribution in [2.24, 2.45) is 0 Å². The molecule has 0 saturated carbocycles. The molecular formula is C28H23N3O5S. The second kappa shape index (κ2) is 10.7. The molecule has 0 bridgehead atoms. The van der Waals surface area contributed by atoms with E-state index < -0.39 is 4.92 Å². The first-order chi connectivity index (χ1) is 18.0. The molecule has 3 aromatic carbocycles. The molecule has 2 amide bonds. The predicted molar refractivity (Wildman–Crippen MR) is 140 cm³/mol. The van der Waals surface area contributed by atoms with Gasteiger partial charge in [-0.3, -0.25) is 19.7 Å². The van der Waals surface area contributed by atoms with Crippen LogP contribution in [0.5, 0.6) is 0 Å². The van der Waals surface area contributed by atoms with Crippen LogP contribution in [0.1, 0.15) is 38.9 Å². The van der Waals surface area contributed by atoms with E-state index in [9.17, 15) is 19.7 Å². The van der Waals surface area contributed by atoms with E-state index in [0.717, 1.165) is 16.1 Å². The highest BCUT2D eigenvalue weighted by Gasteiger charge is 2.30. The van der Waals surface area contributed by atoms with Crippen molar-refractivity contribution in [3.05, 3.63) is 124 Å². The molecule has 2 heterocycles. The zero-order chi connectivity index (χ0) is 25.8. The Morgan fingerprint density at radius 1 is 1.03 bits per heavy atom. The molecule has 0 radical (unpaired) electrons. The van der Waals surface area contributed by atoms with Crippen molar-refractivity contribution < 1.29 is 18.9 Å². The van der Waals surface area contributed by atoms with E-state index >= 15 is 0 Å². The molecule has 0 saturated heterocycles. The number of rotatable bonds is 7. The third-order valence-corrected chi connectivity index (χ3v) is 7.47. The standard InChI is InChI=1S/C28H23N3O5S/c32-27-16-26(19-11-13-20(14-12-19)28(33)29-17-22-7-5-15-36-22)37-25-10-4-3-9-24(25)30(27)18-21-6-1-2-8-23(21)31(34)35/h1-15,26H,16-18H2,(H,29,33). The number of carbonyl (C=O) groups excluding carboxylic acids is 2. The summed E-state index contributed by atoms with van der Waals surface area (Å²) in [6.45, 7) is 0.405. The Labute approximate surface area is 217 Å². The van der Waals surface area contributed by atoms with Crippen LogP contribution in [0.4, 0.5) is 11.4 Å². The summed E-state index contributed by atoms with van der Waals surface area (Å²) in [5.74, 6) is 0.330. The van der Waals surface area contributed by atoms with Crippen LogP contribution in [-0.2, 0) is 17.9 Å². The van der Waals surface area contributed by atoms with Crippen molar-refractivity contribution in [3.63, 3.8) is 0 Å². The first-order valence-corrected chi connectivity index (χ1v) is 12.6. The van der Waals surface area contributed by atoms with Crippen LogP contribution in [0.25, 0.3) is 0 Å². The third kappa shape index (κ3) is 5.41. The van der Waals surface area contributed by atoms with E-state index in [4.69, 9.17) is 4.42 Å². The van der Waals surface area contributed by atoms with Crippen LogP contribution in [0.2, 0.25) is 0 Å². The molecule has 1 aliphatic rings. The first-order valence-electron chi connectivity index (χ1n) is 11.7. The van der Waals surface area contributed by atoms with Gasteiger partial charge in [0.15, 0.2) is 0 Å². The van der Waals surface area contributed by atoms with Gasteiger partial charge in [0.05, 0.1) is 30.0 Å². The van der Waals surface area contributed by atoms with Gasteiger partial charge < -0.3 is 14.6 Å². The topological polar surface area (TPSA) is 106 Å². The summed E-state index contributed by atoms with van der Waals surface area (Å²) in [6.07, 6.45) is 1.77. The SMILES string of the molecule is O=C(NCc1ccco1)c1ccc(C2CC(=O)N(Cc3ccccc3[N+](=O)[O-])c3ccccc3S2)cc1. The Kier molecular flexibility index (Phi) is 7.04. The summed E-state index contributed by atoms with van der Waals surface area (Å²) in [7, 11) is 0. The number of nitrogens with one attached hydrogen (secondary N) is 1. The van der Waals surface area contributed by atoms with Crippen molar-refractivity contribution in [2.45, 2.75) is 29.7 Å². The van der Waals surface area contributed by atoms with E-state index in [0.29, 0.717) is 23.4 Å². The molecule has 0 aliphatic carbocycles. The van der Waals surface area contributed by atoms with Gasteiger partial charge in [-0.05, 0) is 42.0 Å². The van der Waals surface area contributed by atoms with Crippen molar-refractivity contribution in [1.82, 2.24) is 5.32 Å². The maximum atomic E-state index is 13.5. The first kappa shape index (κ1) is 24.3. The van der Waals surface area contributed by atoms with Crippen LogP contribution in [-0.4, -0.2) is 16.7 Å². The fourth-order valence-corrected chi connectivity index (χ4v) is 5.54. The Bertz CT molecular complexity index is 1440. The smallest absolute Gasteiger partial charge is 0.274 e. The molecule has 1 N–H and O–H groups in total. The number of hydrogen-bond acceptors (Lipinski definition) is 6. The number of amides is 2. The number of anilines is 1. The lowest BCUT2D eigenvalue weighted by Gasteiger charge is -2.22. The van der Waals surface area contributed by atoms with E-state index in [1.165, 1.54) is 6.07 Å². The summed E-state index contributed by atoms with van der Waals surface area (Å²) in [4.78, 5) is 39.7. The van der Waals surface area contributed by atoms with E-state index in [2.05, 4.69) is 5.32 Å². The molecule has 5 rings (SSSR count). The predicted octanol–water partition coefficient (Wildman–Crippen LogP) is 5.89. The van der Waals surface area contributed by atoms with E-state index in [1.807, 2.05) is 36.4 Å². The van der Waals surface area contributed by atoms with Crippen LogP contribution in [0.3, 0.4) is 0 Å². The number of nitro benzene ring substituents is 1. The molecule has 1 aliphatic heterocycles. The minimum atomic E-state index is -0.423. The maximum absolute atomic E-state index is 13.5. The molecule has 9 heteroatoms. The molecule has 0 spiro atoms. The van der Waals surface area contributed by atoms with Crippen LogP contribution < -0.4 is 10.2 Å². The number of thioether (sulfide) groups is 1. The second-order valence-corrected chi connectivity index (χ2v) is 9.77. The van der Waals surface area contributed by atoms with Gasteiger partial charge in [0.1, 0.15) is 5.76 Å². The number of carbonyl (C=O) groups is 2. The molecule has 186 valence electrons. The minimum absolute atomic E-state index is 0.0119. The number of nitrogens with zero attached hydrogens (tertiary/aromatic N) is 2. The normalized spacial score (nSPS) is 15.1. The molecule has 1 unspecified atom stereocenters. The summed E-state index contributed by atoms with van der Waals surface area (Å²) in [5.41, 5.74) is 2.63. The average molecular weight is 514 g/mol. The van der Waals surface area contributed by atoms with Gasteiger partial charge in [0, 0.05) is 33.8 Å². The summed E-state index contributed by atoms with van der Waals surface area (Å²) in [5, 5.41) is 14.2. The summed E-state index contributed by atoms with van der Waals surface area (Å²) in [6, 6.07) is 24.9. The van der Waals surface area contributed by atoms with E-state index in [1.54, 1.807) is 65.4 Å². The van der Waals surface area contributed by atoms with Crippen molar-refractivity contribution in [1.29, 1.82) is 0 Å². The summed E-state index contributed by atoms with van der Waals surface area (Å²) >= 11 is 1.57. The van der Waals surface area contributed by atoms with Crippen LogP contribution >= 0.6 is 11.8 Å². The fourth-order valence-electron chi connectivity index (χ4n) is 4.26. The highest BCUT2D eigenvalue weighted by atomic mass is 32.2. The molecule has 1 aromatic heterocycles. The molecular weight excluding hydrogens is 490 g/mol. The summed E-state index contributed by atoms with van der Waals surface area (Å²) < 4.78 is 5.25. The van der Waals surface area contributed by atoms with Gasteiger partial charge in [-0.1, -0.05) is 42.5 Å². The van der Waals surface area contributed by atoms with Gasteiger partial charge in [-0.15, -0.1) is 11.8 Å². The van der Waals surface area contributed by atoms with Crippen LogP contribution in [0.15, 0.2) is 101 Å². The van der Waals surface area contributed by atoms with Gasteiger partial charge in [0.2, 0.25) is 5.91 Å². The highest BCUT2D eigenvalue weighted by molar-refractivity contribution is 7.99. The number of para-hydroxylation sites is 2. The monoisotopic (exact) mass is 513 g/mol. The number of benzene rings is 3. The molecule has 37 heavy (non-hydrogen) atoms. The Balaban J connectivity index is 1.36. The third-order valence-electron chi connectivity index (χ3n) is 6.15. The minimum Gasteiger partial charge on any atom is -0.467 e. The van der Waals surface area contributed by atoms with Crippen molar-refractivity contribution in [3.8, 4) is 0 Å². The number of nitro groups is 1. The fraction of sp³-hybridized carbons (Fsp3) is 0.143. The molecule has 8 nitrogen and oxygen atoms in total. The largest absolute Gasteiger partial charge is 0.467 e. The van der Waals surface area contributed by atoms with Crippen LogP contribution in [0, 0.1) is 10.1 Å². The Hall–Kier alpha value is -4.37. The maximum Gasteiger partial charge on any atom is 0.274 e. The van der Waals surface area contributed by atoms with Gasteiger partial charge >= 0.3 is 0 Å². The zero-order valence-electron chi connectivity index (χ0n) is 19.7. The van der Waals surface area contributed by atoms with Gasteiger partial charge in [-0.2, -0.15) is 0 Å². The van der Waals surface area contributed by atoms with Crippen molar-refractivity contribution >= 4 is 35.0 Å². The lowest BCUT2D eigenvalue weighted by molar-refractivity contribution is -0.385. The lowest BCUT2D eigenvalue weighted by Crippen LogP contribution is -2.30. The lowest BCUT2D eigenvalue weighted by atomic mass is 10.1. The Morgan fingerprint density at radius 3 is 2.54 bits per heavy atom. The molecule has 1 atom stereocenters. The number of hydrogen-bond donors (Lipinski definition) is 1. The number of furan rings is 1. The van der Waals surface area contributed by atoms with E-state index in [-0.39, 0.29) is 35.7 Å². The average Bonchev–Trinajstić information content (AvgIpc) is 3.40. The zero-order valence-corrected chi connectivity index (χ0v) is 20.5. The number of fused-ring (bicyclic) bond motifs is 1. The quantitative estimate of drug-likeness (QED) is 0.244. The Morgan fingerprint density at radius 2 is 1.78 bits per heavy atom. The van der Waals surface area contributed by atoms with Crippen molar-refractivity contribution in [2.75, 3.05) is 4.90 Å². The second-order valence-electron chi connectivity index (χ2n) is 8.53. The highest BCUT2D eigenvalue weighted by Crippen LogP contribution is 2.46. The van der Waals surface area contributed by atoms with Gasteiger partial charge in [-0.25, -0.2) is 0 Å². The molecule has 4 aromatic rings. The molecule has 0 fully saturated rings. The van der Waals surface area contributed by atoms with Gasteiger partial charge in [0.25, 0.3) is 11.6 Å².